The summed E-state index contributed by atoms with van der Waals surface area (Å²) in [4.78, 5) is 23.5. The first-order chi connectivity index (χ1) is 12.3. The Balaban J connectivity index is 2.13. The Morgan fingerprint density at radius 2 is 1.92 bits per heavy atom. The van der Waals surface area contributed by atoms with Gasteiger partial charge in [0.15, 0.2) is 5.12 Å². The van der Waals surface area contributed by atoms with E-state index < -0.39 is 14.2 Å². The van der Waals surface area contributed by atoms with Gasteiger partial charge in [-0.1, -0.05) is 73.9 Å². The molecule has 6 heteroatoms. The van der Waals surface area contributed by atoms with E-state index in [0.29, 0.717) is 25.2 Å². The maximum atomic E-state index is 11.9. The number of aliphatic hydroxyl groups excluding tert-OH is 1. The van der Waals surface area contributed by atoms with E-state index in [2.05, 4.69) is 19.6 Å². The van der Waals surface area contributed by atoms with E-state index in [1.165, 1.54) is 11.8 Å². The number of aliphatic hydroxyl groups is 1. The van der Waals surface area contributed by atoms with Crippen molar-refractivity contribution in [1.29, 1.82) is 0 Å². The molecule has 0 saturated carbocycles. The van der Waals surface area contributed by atoms with Crippen molar-refractivity contribution in [1.82, 2.24) is 0 Å². The summed E-state index contributed by atoms with van der Waals surface area (Å²) in [6, 6.07) is 10.6. The number of ether oxygens (including phenoxy) is 1. The molecule has 4 nitrogen and oxygen atoms in total. The zero-order valence-electron chi connectivity index (χ0n) is 15.9. The van der Waals surface area contributed by atoms with Gasteiger partial charge in [0.25, 0.3) is 0 Å². The Morgan fingerprint density at radius 3 is 2.58 bits per heavy atom. The van der Waals surface area contributed by atoms with Crippen LogP contribution in [0.2, 0.25) is 25.7 Å². The van der Waals surface area contributed by atoms with Gasteiger partial charge in [0.05, 0.1) is 19.1 Å². The van der Waals surface area contributed by atoms with Crippen molar-refractivity contribution in [3.05, 3.63) is 48.0 Å². The molecule has 0 aliphatic heterocycles. The molecule has 1 atom stereocenters. The lowest BCUT2D eigenvalue weighted by molar-refractivity contribution is -0.144. The first-order valence-corrected chi connectivity index (χ1v) is 13.7. The van der Waals surface area contributed by atoms with E-state index in [4.69, 9.17) is 4.74 Å². The number of rotatable bonds is 11. The van der Waals surface area contributed by atoms with Crippen molar-refractivity contribution in [3.8, 4) is 0 Å². The molecule has 0 aromatic heterocycles. The van der Waals surface area contributed by atoms with Crippen molar-refractivity contribution < 1.29 is 19.4 Å². The van der Waals surface area contributed by atoms with Gasteiger partial charge in [-0.25, -0.2) is 0 Å². The normalized spacial score (nSPS) is 12.9. The minimum absolute atomic E-state index is 0.0255. The molecule has 26 heavy (non-hydrogen) atoms. The summed E-state index contributed by atoms with van der Waals surface area (Å²) >= 11 is 1.29. The predicted octanol–water partition coefficient (Wildman–Crippen LogP) is 4.07. The van der Waals surface area contributed by atoms with Crippen LogP contribution in [0.1, 0.15) is 18.4 Å². The molecular weight excluding hydrogens is 364 g/mol. The zero-order chi connectivity index (χ0) is 19.4. The largest absolute Gasteiger partial charge is 0.466 e. The Kier molecular flexibility index (Phi) is 10.5. The van der Waals surface area contributed by atoms with Gasteiger partial charge in [-0.15, -0.1) is 0 Å². The Morgan fingerprint density at radius 1 is 1.23 bits per heavy atom. The van der Waals surface area contributed by atoms with Crippen molar-refractivity contribution in [3.63, 3.8) is 0 Å². The summed E-state index contributed by atoms with van der Waals surface area (Å²) in [5.41, 5.74) is 1.02. The summed E-state index contributed by atoms with van der Waals surface area (Å²) in [7, 11) is -1.21. The van der Waals surface area contributed by atoms with Crippen LogP contribution in [-0.4, -0.2) is 42.7 Å². The number of hydrogen-bond acceptors (Lipinski definition) is 5. The standard InChI is InChI=1S/C20H30O4SSi/c1-26(2,3)14-12-24-19(22)16-18(21)11-7-8-13-25-20(23)15-17-9-5-4-6-10-17/h4-7,9-11,18,21H,8,12-16H2,1-3H3/t18-/m1/s1. The highest BCUT2D eigenvalue weighted by molar-refractivity contribution is 8.13. The van der Waals surface area contributed by atoms with Gasteiger partial charge in [-0.3, -0.25) is 9.59 Å². The van der Waals surface area contributed by atoms with E-state index in [0.717, 1.165) is 11.6 Å². The van der Waals surface area contributed by atoms with Gasteiger partial charge in [0.2, 0.25) is 0 Å². The average Bonchev–Trinajstić information content (AvgIpc) is 2.54. The molecule has 0 aliphatic rings. The molecule has 0 amide bonds. The Labute approximate surface area is 162 Å². The molecule has 0 unspecified atom stereocenters. The lowest BCUT2D eigenvalue weighted by Gasteiger charge is -2.15. The van der Waals surface area contributed by atoms with Crippen LogP contribution >= 0.6 is 11.8 Å². The van der Waals surface area contributed by atoms with Gasteiger partial charge in [-0.2, -0.15) is 0 Å². The molecule has 144 valence electrons. The third kappa shape index (κ3) is 12.1. The van der Waals surface area contributed by atoms with Gasteiger partial charge in [0.1, 0.15) is 0 Å². The van der Waals surface area contributed by atoms with Gasteiger partial charge >= 0.3 is 5.97 Å². The van der Waals surface area contributed by atoms with Gasteiger partial charge < -0.3 is 9.84 Å². The molecule has 1 N–H and O–H groups in total. The summed E-state index contributed by atoms with van der Waals surface area (Å²) < 4.78 is 5.16. The maximum Gasteiger partial charge on any atom is 0.308 e. The first-order valence-electron chi connectivity index (χ1n) is 8.96. The minimum atomic E-state index is -1.21. The number of carbonyl (C=O) groups excluding carboxylic acids is 2. The van der Waals surface area contributed by atoms with Crippen LogP contribution in [0.5, 0.6) is 0 Å². The molecule has 0 bridgehead atoms. The highest BCUT2D eigenvalue weighted by Gasteiger charge is 2.15. The Bertz CT molecular complexity index is 581. The second-order valence-corrected chi connectivity index (χ2v) is 14.2. The topological polar surface area (TPSA) is 63.6 Å². The molecular formula is C20H30O4SSi. The summed E-state index contributed by atoms with van der Waals surface area (Å²) in [5.74, 6) is 0.294. The monoisotopic (exact) mass is 394 g/mol. The number of allylic oxidation sites excluding steroid dienone is 1. The molecule has 0 aliphatic carbocycles. The fraction of sp³-hybridized carbons (Fsp3) is 0.500. The zero-order valence-corrected chi connectivity index (χ0v) is 17.8. The van der Waals surface area contributed by atoms with Crippen LogP contribution in [-0.2, 0) is 20.7 Å². The smallest absolute Gasteiger partial charge is 0.308 e. The lowest BCUT2D eigenvalue weighted by Crippen LogP contribution is -2.23. The van der Waals surface area contributed by atoms with Crippen molar-refractivity contribution >= 4 is 30.9 Å². The third-order valence-electron chi connectivity index (χ3n) is 3.59. The first kappa shape index (κ1) is 22.7. The number of hydrogen-bond donors (Lipinski definition) is 1. The second-order valence-electron chi connectivity index (χ2n) is 7.40. The Hall–Kier alpha value is -1.37. The van der Waals surface area contributed by atoms with Crippen LogP contribution in [0, 0.1) is 0 Å². The quantitative estimate of drug-likeness (QED) is 0.265. The van der Waals surface area contributed by atoms with Crippen LogP contribution in [0.15, 0.2) is 42.5 Å². The van der Waals surface area contributed by atoms with E-state index >= 15 is 0 Å². The highest BCUT2D eigenvalue weighted by atomic mass is 32.2. The number of benzene rings is 1. The highest BCUT2D eigenvalue weighted by Crippen LogP contribution is 2.11. The molecule has 0 spiro atoms. The number of thioether (sulfide) groups is 1. The molecule has 1 rings (SSSR count). The average molecular weight is 395 g/mol. The van der Waals surface area contributed by atoms with E-state index in [9.17, 15) is 14.7 Å². The summed E-state index contributed by atoms with van der Waals surface area (Å²) in [6.45, 7) is 7.11. The number of esters is 1. The maximum absolute atomic E-state index is 11.9. The summed E-state index contributed by atoms with van der Waals surface area (Å²) in [6.07, 6.45) is 3.65. The van der Waals surface area contributed by atoms with Crippen molar-refractivity contribution in [2.24, 2.45) is 0 Å². The molecule has 1 aromatic rings. The van der Waals surface area contributed by atoms with Gasteiger partial charge in [-0.05, 0) is 18.0 Å². The lowest BCUT2D eigenvalue weighted by atomic mass is 10.2. The third-order valence-corrected chi connectivity index (χ3v) is 6.20. The van der Waals surface area contributed by atoms with Gasteiger partial charge in [0, 0.05) is 20.2 Å². The fourth-order valence-corrected chi connectivity index (χ4v) is 3.54. The van der Waals surface area contributed by atoms with Crippen LogP contribution in [0.25, 0.3) is 0 Å². The van der Waals surface area contributed by atoms with Crippen LogP contribution in [0.4, 0.5) is 0 Å². The second kappa shape index (κ2) is 12.1. The van der Waals surface area contributed by atoms with Crippen molar-refractivity contribution in [2.75, 3.05) is 12.4 Å². The SMILES string of the molecule is C[Si](C)(C)CCOC(=O)C[C@H](O)C=CCCSC(=O)Cc1ccccc1. The minimum Gasteiger partial charge on any atom is -0.466 e. The molecule has 0 heterocycles. The molecule has 0 fully saturated rings. The molecule has 0 radical (unpaired) electrons. The molecule has 0 saturated heterocycles. The van der Waals surface area contributed by atoms with E-state index in [-0.39, 0.29) is 17.5 Å². The van der Waals surface area contributed by atoms with Crippen LogP contribution < -0.4 is 0 Å². The van der Waals surface area contributed by atoms with Crippen LogP contribution in [0.3, 0.4) is 0 Å². The van der Waals surface area contributed by atoms with Crippen molar-refractivity contribution in [2.45, 2.75) is 51.1 Å². The predicted molar refractivity (Wildman–Crippen MR) is 111 cm³/mol. The molecule has 1 aromatic carbocycles. The van der Waals surface area contributed by atoms with E-state index in [1.54, 1.807) is 6.08 Å². The summed E-state index contributed by atoms with van der Waals surface area (Å²) in [5, 5.41) is 9.96. The fourth-order valence-electron chi connectivity index (χ4n) is 2.08. The van der Waals surface area contributed by atoms with E-state index in [1.807, 2.05) is 36.4 Å². The number of carbonyl (C=O) groups is 2.